The van der Waals surface area contributed by atoms with Gasteiger partial charge in [0.05, 0.1) is 12.0 Å². The Kier molecular flexibility index (Phi) is 3.68. The first-order valence-electron chi connectivity index (χ1n) is 7.48. The van der Waals surface area contributed by atoms with Gasteiger partial charge in [0.25, 0.3) is 0 Å². The van der Waals surface area contributed by atoms with Crippen molar-refractivity contribution in [2.75, 3.05) is 0 Å². The molecule has 0 saturated heterocycles. The summed E-state index contributed by atoms with van der Waals surface area (Å²) >= 11 is 0. The number of carboxylic acids is 1. The number of aliphatic hydroxyl groups is 1. The average Bonchev–Trinajstić information content (AvgIpc) is 2.97. The number of aryl methyl sites for hydroxylation is 1. The summed E-state index contributed by atoms with van der Waals surface area (Å²) in [6, 6.07) is 11.9. The molecule has 1 aliphatic rings. The number of rotatable bonds is 3. The van der Waals surface area contributed by atoms with Crippen molar-refractivity contribution in [1.29, 1.82) is 0 Å². The Morgan fingerprint density at radius 3 is 2.57 bits per heavy atom. The molecule has 2 aromatic rings. The van der Waals surface area contributed by atoms with E-state index in [2.05, 4.69) is 0 Å². The third kappa shape index (κ3) is 2.42. The first kappa shape index (κ1) is 14.1. The maximum atomic E-state index is 11.4. The third-order valence-electron chi connectivity index (χ3n) is 4.79. The number of benzene rings is 2. The van der Waals surface area contributed by atoms with Gasteiger partial charge in [-0.3, -0.25) is 4.79 Å². The van der Waals surface area contributed by atoms with Crippen molar-refractivity contribution >= 4 is 16.7 Å². The maximum absolute atomic E-state index is 11.4. The summed E-state index contributed by atoms with van der Waals surface area (Å²) in [6.45, 7) is 2.05. The van der Waals surface area contributed by atoms with Crippen LogP contribution in [0.2, 0.25) is 0 Å². The number of hydrogen-bond acceptors (Lipinski definition) is 2. The van der Waals surface area contributed by atoms with Crippen molar-refractivity contribution < 1.29 is 15.0 Å². The minimum atomic E-state index is -0.784. The predicted molar refractivity (Wildman–Crippen MR) is 82.1 cm³/mol. The molecule has 1 fully saturated rings. The van der Waals surface area contributed by atoms with Crippen LogP contribution in [0.4, 0.5) is 0 Å². The molecule has 1 saturated carbocycles. The minimum absolute atomic E-state index is 0.186. The smallest absolute Gasteiger partial charge is 0.306 e. The maximum Gasteiger partial charge on any atom is 0.306 e. The highest BCUT2D eigenvalue weighted by Gasteiger charge is 2.38. The number of carboxylic acid groups (broad SMARTS) is 1. The highest BCUT2D eigenvalue weighted by Crippen LogP contribution is 2.42. The Hall–Kier alpha value is -1.87. The lowest BCUT2D eigenvalue weighted by Gasteiger charge is -2.24. The number of aliphatic carboxylic acids is 1. The van der Waals surface area contributed by atoms with Crippen LogP contribution in [0.3, 0.4) is 0 Å². The van der Waals surface area contributed by atoms with Crippen molar-refractivity contribution in [1.82, 2.24) is 0 Å². The lowest BCUT2D eigenvalue weighted by atomic mass is 9.84. The number of fused-ring (bicyclic) bond motifs is 1. The molecule has 0 radical (unpaired) electrons. The lowest BCUT2D eigenvalue weighted by Crippen LogP contribution is -2.24. The van der Waals surface area contributed by atoms with E-state index in [1.807, 2.05) is 43.3 Å². The molecule has 1 aliphatic carbocycles. The van der Waals surface area contributed by atoms with Crippen LogP contribution in [0.5, 0.6) is 0 Å². The number of carbonyl (C=O) groups is 1. The molecular weight excluding hydrogens is 264 g/mol. The lowest BCUT2D eigenvalue weighted by molar-refractivity contribution is -0.144. The van der Waals surface area contributed by atoms with E-state index < -0.39 is 18.0 Å². The highest BCUT2D eigenvalue weighted by atomic mass is 16.4. The Labute approximate surface area is 124 Å². The van der Waals surface area contributed by atoms with Crippen LogP contribution in [0.25, 0.3) is 10.8 Å². The Morgan fingerprint density at radius 1 is 1.14 bits per heavy atom. The van der Waals surface area contributed by atoms with Crippen LogP contribution in [-0.2, 0) is 4.79 Å². The molecular formula is C18H20O3. The van der Waals surface area contributed by atoms with Gasteiger partial charge in [0, 0.05) is 5.92 Å². The molecule has 3 heteroatoms. The van der Waals surface area contributed by atoms with E-state index in [4.69, 9.17) is 0 Å². The van der Waals surface area contributed by atoms with Gasteiger partial charge >= 0.3 is 5.97 Å². The second-order valence-corrected chi connectivity index (χ2v) is 6.00. The van der Waals surface area contributed by atoms with Gasteiger partial charge in [0.15, 0.2) is 0 Å². The van der Waals surface area contributed by atoms with Gasteiger partial charge in [-0.05, 0) is 41.7 Å². The van der Waals surface area contributed by atoms with Crippen LogP contribution in [-0.4, -0.2) is 16.2 Å². The van der Waals surface area contributed by atoms with Crippen molar-refractivity contribution in [3.63, 3.8) is 0 Å². The molecule has 2 aromatic carbocycles. The molecule has 0 aromatic heterocycles. The Morgan fingerprint density at radius 2 is 1.86 bits per heavy atom. The fraction of sp³-hybridized carbons (Fsp3) is 0.389. The molecule has 0 bridgehead atoms. The van der Waals surface area contributed by atoms with E-state index in [1.54, 1.807) is 0 Å². The molecule has 2 N–H and O–H groups in total. The summed E-state index contributed by atoms with van der Waals surface area (Å²) in [5, 5.41) is 22.2. The average molecular weight is 284 g/mol. The van der Waals surface area contributed by atoms with E-state index in [-0.39, 0.29) is 5.92 Å². The standard InChI is InChI=1S/C18H20O3/c1-11-9-10-15(13-6-3-2-5-12(11)13)17(19)14-7-4-8-16(14)18(20)21/h2-3,5-6,9-10,14,16-17,19H,4,7-8H2,1H3,(H,20,21). The van der Waals surface area contributed by atoms with E-state index >= 15 is 0 Å². The van der Waals surface area contributed by atoms with Crippen molar-refractivity contribution in [2.24, 2.45) is 11.8 Å². The summed E-state index contributed by atoms with van der Waals surface area (Å²) in [5.41, 5.74) is 2.03. The summed E-state index contributed by atoms with van der Waals surface area (Å²) in [7, 11) is 0. The van der Waals surface area contributed by atoms with Crippen molar-refractivity contribution in [3.05, 3.63) is 47.5 Å². The normalized spacial score (nSPS) is 23.3. The van der Waals surface area contributed by atoms with E-state index in [1.165, 1.54) is 5.56 Å². The zero-order valence-electron chi connectivity index (χ0n) is 12.1. The molecule has 3 atom stereocenters. The quantitative estimate of drug-likeness (QED) is 0.904. The zero-order chi connectivity index (χ0) is 15.0. The van der Waals surface area contributed by atoms with Crippen LogP contribution < -0.4 is 0 Å². The van der Waals surface area contributed by atoms with Crippen LogP contribution >= 0.6 is 0 Å². The molecule has 0 amide bonds. The molecule has 3 rings (SSSR count). The summed E-state index contributed by atoms with van der Waals surface area (Å²) in [6.07, 6.45) is 1.61. The van der Waals surface area contributed by atoms with Gasteiger partial charge in [0.2, 0.25) is 0 Å². The van der Waals surface area contributed by atoms with Gasteiger partial charge in [-0.1, -0.05) is 42.8 Å². The predicted octanol–water partition coefficient (Wildman–Crippen LogP) is 3.68. The molecule has 3 nitrogen and oxygen atoms in total. The van der Waals surface area contributed by atoms with Gasteiger partial charge in [-0.2, -0.15) is 0 Å². The summed E-state index contributed by atoms with van der Waals surface area (Å²) < 4.78 is 0. The first-order valence-corrected chi connectivity index (χ1v) is 7.48. The molecule has 0 heterocycles. The second-order valence-electron chi connectivity index (χ2n) is 6.00. The van der Waals surface area contributed by atoms with Gasteiger partial charge in [0.1, 0.15) is 0 Å². The topological polar surface area (TPSA) is 57.5 Å². The zero-order valence-corrected chi connectivity index (χ0v) is 12.1. The third-order valence-corrected chi connectivity index (χ3v) is 4.79. The highest BCUT2D eigenvalue weighted by molar-refractivity contribution is 5.89. The van der Waals surface area contributed by atoms with Crippen molar-refractivity contribution in [2.45, 2.75) is 32.3 Å². The Bertz CT molecular complexity index is 677. The fourth-order valence-corrected chi connectivity index (χ4v) is 3.63. The molecule has 0 spiro atoms. The van der Waals surface area contributed by atoms with Gasteiger partial charge in [-0.15, -0.1) is 0 Å². The number of hydrogen-bond donors (Lipinski definition) is 2. The SMILES string of the molecule is Cc1ccc(C(O)C2CCCC2C(=O)O)c2ccccc12. The second kappa shape index (κ2) is 5.49. The first-order chi connectivity index (χ1) is 10.1. The minimum Gasteiger partial charge on any atom is -0.481 e. The van der Waals surface area contributed by atoms with E-state index in [0.717, 1.165) is 29.2 Å². The molecule has 0 aliphatic heterocycles. The van der Waals surface area contributed by atoms with Crippen LogP contribution in [0.15, 0.2) is 36.4 Å². The number of aliphatic hydroxyl groups excluding tert-OH is 1. The van der Waals surface area contributed by atoms with Gasteiger partial charge in [-0.25, -0.2) is 0 Å². The largest absolute Gasteiger partial charge is 0.481 e. The molecule has 21 heavy (non-hydrogen) atoms. The fourth-order valence-electron chi connectivity index (χ4n) is 3.63. The summed E-state index contributed by atoms with van der Waals surface area (Å²) in [4.78, 5) is 11.4. The molecule has 3 unspecified atom stereocenters. The van der Waals surface area contributed by atoms with Crippen LogP contribution in [0.1, 0.15) is 36.5 Å². The molecule has 110 valence electrons. The van der Waals surface area contributed by atoms with Crippen LogP contribution in [0, 0.1) is 18.8 Å². The Balaban J connectivity index is 2.04. The van der Waals surface area contributed by atoms with E-state index in [0.29, 0.717) is 6.42 Å². The van der Waals surface area contributed by atoms with Gasteiger partial charge < -0.3 is 10.2 Å². The monoisotopic (exact) mass is 284 g/mol. The van der Waals surface area contributed by atoms with E-state index in [9.17, 15) is 15.0 Å². The summed E-state index contributed by atoms with van der Waals surface area (Å²) in [5.74, 6) is -1.40. The van der Waals surface area contributed by atoms with Crippen molar-refractivity contribution in [3.8, 4) is 0 Å².